The van der Waals surface area contributed by atoms with Gasteiger partial charge in [0.1, 0.15) is 5.82 Å². The van der Waals surface area contributed by atoms with Crippen LogP contribution in [0.25, 0.3) is 34.0 Å². The fraction of sp³-hybridized carbons (Fsp3) is 0.0741. The quantitative estimate of drug-likeness (QED) is 0.125. The number of hydrogen-bond donors (Lipinski definition) is 0. The van der Waals surface area contributed by atoms with Crippen molar-refractivity contribution in [1.82, 2.24) is 25.4 Å². The maximum Gasteiger partial charge on any atom is 0.381 e. The number of nitro groups is 1. The van der Waals surface area contributed by atoms with E-state index >= 15 is 0 Å². The van der Waals surface area contributed by atoms with Crippen LogP contribution in [0.3, 0.4) is 0 Å². The molecule has 2 heterocycles. The van der Waals surface area contributed by atoms with Crippen LogP contribution in [-0.4, -0.2) is 30.3 Å². The molecule has 12 heteroatoms. The molecule has 0 fully saturated rings. The van der Waals surface area contributed by atoms with E-state index in [9.17, 15) is 23.3 Å². The van der Waals surface area contributed by atoms with Crippen LogP contribution in [0.2, 0.25) is 0 Å². The molecule has 8 nitrogen and oxygen atoms in total. The molecule has 0 saturated heterocycles. The Morgan fingerprint density at radius 2 is 1.54 bits per heavy atom. The number of nitro benzene ring substituents is 1. The van der Waals surface area contributed by atoms with Gasteiger partial charge in [-0.3, -0.25) is 10.1 Å². The molecule has 0 N–H and O–H groups in total. The molecule has 0 spiro atoms. The fourth-order valence-electron chi connectivity index (χ4n) is 3.18. The summed E-state index contributed by atoms with van der Waals surface area (Å²) in [6, 6.07) is 25.9. The molecule has 0 bridgehead atoms. The molecular formula is C27H17F3IrN6O2-2. The van der Waals surface area contributed by atoms with E-state index in [1.807, 2.05) is 30.3 Å². The summed E-state index contributed by atoms with van der Waals surface area (Å²) in [6.45, 7) is 2.07. The zero-order valence-electron chi connectivity index (χ0n) is 20.0. The molecule has 0 aliphatic carbocycles. The normalized spacial score (nSPS) is 10.6. The van der Waals surface area contributed by atoms with E-state index in [-0.39, 0.29) is 43.0 Å². The minimum atomic E-state index is -4.45. The van der Waals surface area contributed by atoms with Crippen molar-refractivity contribution in [2.45, 2.75) is 13.1 Å². The molecule has 0 saturated carbocycles. The fourth-order valence-corrected chi connectivity index (χ4v) is 3.18. The molecule has 0 amide bonds. The third kappa shape index (κ3) is 7.79. The summed E-state index contributed by atoms with van der Waals surface area (Å²) < 4.78 is 37.6. The third-order valence-corrected chi connectivity index (χ3v) is 5.09. The summed E-state index contributed by atoms with van der Waals surface area (Å²) in [5.74, 6) is 0.143. The molecule has 1 radical (unpaired) electrons. The zero-order chi connectivity index (χ0) is 27.1. The molecule has 199 valence electrons. The number of rotatable bonds is 4. The average Bonchev–Trinajstić information content (AvgIpc) is 2.94. The van der Waals surface area contributed by atoms with E-state index in [0.717, 1.165) is 23.4 Å². The number of pyridine rings is 1. The number of aryl methyl sites for hydroxylation is 1. The SMILES string of the molecule is Cc1cc[c-]c(-c2ccccn2)c1.O=[N+]([O-])c1ccc(-c2nnc(-c3[c-]cc(C(F)(F)F)cc3)nn2)cc1.[Ir]. The molecule has 0 atom stereocenters. The van der Waals surface area contributed by atoms with Crippen LogP contribution >= 0.6 is 0 Å². The molecule has 0 aliphatic heterocycles. The second kappa shape index (κ2) is 12.9. The number of nitrogens with zero attached hydrogens (tertiary/aromatic N) is 6. The molecule has 2 aromatic heterocycles. The summed E-state index contributed by atoms with van der Waals surface area (Å²) in [4.78, 5) is 14.3. The number of alkyl halides is 3. The van der Waals surface area contributed by atoms with Crippen molar-refractivity contribution in [2.24, 2.45) is 0 Å². The summed E-state index contributed by atoms with van der Waals surface area (Å²) in [5, 5.41) is 25.9. The van der Waals surface area contributed by atoms with Gasteiger partial charge >= 0.3 is 6.18 Å². The Hall–Kier alpha value is -4.41. The van der Waals surface area contributed by atoms with E-state index in [1.165, 1.54) is 35.9 Å². The number of benzene rings is 3. The van der Waals surface area contributed by atoms with Gasteiger partial charge in [0, 0.05) is 44.0 Å². The first kappa shape index (κ1) is 29.1. The van der Waals surface area contributed by atoms with Crippen molar-refractivity contribution in [1.29, 1.82) is 0 Å². The van der Waals surface area contributed by atoms with Crippen molar-refractivity contribution in [2.75, 3.05) is 0 Å². The van der Waals surface area contributed by atoms with E-state index < -0.39 is 16.7 Å². The molecule has 5 rings (SSSR count). The van der Waals surface area contributed by atoms with Crippen molar-refractivity contribution < 1.29 is 38.2 Å². The summed E-state index contributed by atoms with van der Waals surface area (Å²) >= 11 is 0. The van der Waals surface area contributed by atoms with Crippen LogP contribution in [0, 0.1) is 29.2 Å². The third-order valence-electron chi connectivity index (χ3n) is 5.09. The van der Waals surface area contributed by atoms with Gasteiger partial charge in [-0.1, -0.05) is 19.1 Å². The second-order valence-corrected chi connectivity index (χ2v) is 7.83. The van der Waals surface area contributed by atoms with Crippen LogP contribution in [-0.2, 0) is 26.3 Å². The van der Waals surface area contributed by atoms with Gasteiger partial charge in [0.05, 0.1) is 4.92 Å². The van der Waals surface area contributed by atoms with Crippen molar-refractivity contribution in [3.8, 4) is 34.0 Å². The minimum Gasteiger partial charge on any atom is -0.305 e. The second-order valence-electron chi connectivity index (χ2n) is 7.83. The summed E-state index contributed by atoms with van der Waals surface area (Å²) in [7, 11) is 0. The largest absolute Gasteiger partial charge is 0.381 e. The van der Waals surface area contributed by atoms with Crippen LogP contribution in [0.1, 0.15) is 11.1 Å². The Balaban J connectivity index is 0.000000253. The Bertz CT molecular complexity index is 1520. The van der Waals surface area contributed by atoms with Crippen molar-refractivity contribution in [3.63, 3.8) is 0 Å². The zero-order valence-corrected chi connectivity index (χ0v) is 22.4. The summed E-state index contributed by atoms with van der Waals surface area (Å²) in [6.07, 6.45) is -2.66. The van der Waals surface area contributed by atoms with E-state index in [2.05, 4.69) is 50.5 Å². The number of aromatic nitrogens is 5. The summed E-state index contributed by atoms with van der Waals surface area (Å²) in [5.41, 5.74) is 3.03. The van der Waals surface area contributed by atoms with Gasteiger partial charge in [-0.25, -0.2) is 0 Å². The van der Waals surface area contributed by atoms with Crippen LogP contribution in [0.5, 0.6) is 0 Å². The molecule has 5 aromatic rings. The van der Waals surface area contributed by atoms with Crippen molar-refractivity contribution in [3.05, 3.63) is 118 Å². The van der Waals surface area contributed by atoms with E-state index in [0.29, 0.717) is 5.56 Å². The van der Waals surface area contributed by atoms with Crippen LogP contribution in [0.15, 0.2) is 85.1 Å². The smallest absolute Gasteiger partial charge is 0.305 e. The van der Waals surface area contributed by atoms with Gasteiger partial charge in [0.15, 0.2) is 0 Å². The Kier molecular flexibility index (Phi) is 9.64. The van der Waals surface area contributed by atoms with Gasteiger partial charge in [-0.15, -0.1) is 75.4 Å². The van der Waals surface area contributed by atoms with Gasteiger partial charge in [-0.2, -0.15) is 23.4 Å². The first-order chi connectivity index (χ1) is 18.2. The van der Waals surface area contributed by atoms with Crippen molar-refractivity contribution >= 4 is 5.69 Å². The van der Waals surface area contributed by atoms with Crippen LogP contribution in [0.4, 0.5) is 18.9 Å². The number of hydrogen-bond acceptors (Lipinski definition) is 7. The monoisotopic (exact) mass is 707 g/mol. The van der Waals surface area contributed by atoms with E-state index in [1.54, 1.807) is 6.20 Å². The Morgan fingerprint density at radius 1 is 0.846 bits per heavy atom. The van der Waals surface area contributed by atoms with Gasteiger partial charge in [0.2, 0.25) is 5.82 Å². The van der Waals surface area contributed by atoms with Gasteiger partial charge in [0.25, 0.3) is 5.69 Å². The topological polar surface area (TPSA) is 108 Å². The molecule has 3 aromatic carbocycles. The number of non-ortho nitro benzene ring substituents is 1. The predicted molar refractivity (Wildman–Crippen MR) is 132 cm³/mol. The molecule has 0 unspecified atom stereocenters. The standard InChI is InChI=1S/C15H7F3N5O2.C12H10N.Ir/c16-15(17,18)11-5-1-9(2-6-11)13-19-21-14(22-20-13)10-3-7-12(8-4-10)23(24)25;1-10-5-4-6-11(9-10)12-7-2-3-8-13-12;/h1,3-8H;2-5,7-9H,1H3;/q2*-1;. The van der Waals surface area contributed by atoms with Gasteiger partial charge < -0.3 is 4.98 Å². The Morgan fingerprint density at radius 3 is 2.08 bits per heavy atom. The Labute approximate surface area is 234 Å². The molecule has 0 aliphatic rings. The maximum atomic E-state index is 12.5. The molecule has 39 heavy (non-hydrogen) atoms. The predicted octanol–water partition coefficient (Wildman–Crippen LogP) is 6.18. The number of halogens is 3. The van der Waals surface area contributed by atoms with Crippen LogP contribution < -0.4 is 0 Å². The first-order valence-electron chi connectivity index (χ1n) is 11.0. The maximum absolute atomic E-state index is 12.5. The minimum absolute atomic E-state index is 0. The average molecular weight is 707 g/mol. The van der Waals surface area contributed by atoms with Gasteiger partial charge in [-0.05, 0) is 29.5 Å². The van der Waals surface area contributed by atoms with E-state index in [4.69, 9.17) is 0 Å². The first-order valence-corrected chi connectivity index (χ1v) is 11.0. The molecular weight excluding hydrogens is 690 g/mol.